The van der Waals surface area contributed by atoms with Crippen LogP contribution < -0.4 is 4.90 Å². The third-order valence-electron chi connectivity index (χ3n) is 5.79. The van der Waals surface area contributed by atoms with Gasteiger partial charge in [0.15, 0.2) is 5.82 Å². The van der Waals surface area contributed by atoms with E-state index in [1.54, 1.807) is 24.5 Å². The highest BCUT2D eigenvalue weighted by molar-refractivity contribution is 5.80. The summed E-state index contributed by atoms with van der Waals surface area (Å²) in [5.41, 5.74) is 2.79. The van der Waals surface area contributed by atoms with E-state index in [2.05, 4.69) is 24.9 Å². The van der Waals surface area contributed by atoms with Crippen LogP contribution in [0, 0.1) is 11.7 Å². The van der Waals surface area contributed by atoms with Crippen LogP contribution in [0.4, 0.5) is 10.2 Å². The number of benzene rings is 1. The van der Waals surface area contributed by atoms with Crippen molar-refractivity contribution in [1.29, 1.82) is 0 Å². The number of aryl methyl sites for hydroxylation is 1. The van der Waals surface area contributed by atoms with E-state index in [0.29, 0.717) is 13.0 Å². The van der Waals surface area contributed by atoms with Crippen LogP contribution in [0.25, 0.3) is 11.3 Å². The van der Waals surface area contributed by atoms with E-state index in [0.717, 1.165) is 55.4 Å². The summed E-state index contributed by atoms with van der Waals surface area (Å²) in [6, 6.07) is 6.38. The van der Waals surface area contributed by atoms with Gasteiger partial charge in [-0.2, -0.15) is 5.10 Å². The van der Waals surface area contributed by atoms with Gasteiger partial charge in [-0.1, -0.05) is 13.8 Å². The van der Waals surface area contributed by atoms with E-state index in [1.165, 1.54) is 12.1 Å². The van der Waals surface area contributed by atoms with Crippen LogP contribution in [0.15, 0.2) is 49.1 Å². The monoisotopic (exact) mass is 436 g/mol. The number of piperazine rings is 1. The van der Waals surface area contributed by atoms with Gasteiger partial charge in [-0.3, -0.25) is 19.4 Å². The molecule has 0 N–H and O–H groups in total. The summed E-state index contributed by atoms with van der Waals surface area (Å²) in [4.78, 5) is 25.5. The fourth-order valence-corrected chi connectivity index (χ4v) is 3.87. The summed E-state index contributed by atoms with van der Waals surface area (Å²) in [6.45, 7) is 8.79. The minimum absolute atomic E-state index is 0.0687. The van der Waals surface area contributed by atoms with Crippen LogP contribution in [0.1, 0.15) is 25.8 Å². The highest BCUT2D eigenvalue weighted by Gasteiger charge is 2.22. The SMILES string of the molecule is CC(C)C(=O)CCn1cc(CN2CCN(c3nccnc3-c3ccc(F)cc3)CC2)cn1. The second kappa shape index (κ2) is 9.99. The fourth-order valence-electron chi connectivity index (χ4n) is 3.87. The second-order valence-corrected chi connectivity index (χ2v) is 8.48. The molecule has 7 nitrogen and oxygen atoms in total. The maximum absolute atomic E-state index is 13.3. The van der Waals surface area contributed by atoms with Crippen molar-refractivity contribution in [3.63, 3.8) is 0 Å². The number of aromatic nitrogens is 4. The van der Waals surface area contributed by atoms with Gasteiger partial charge in [-0.25, -0.2) is 9.37 Å². The average Bonchev–Trinajstić information content (AvgIpc) is 3.25. The minimum Gasteiger partial charge on any atom is -0.352 e. The Bertz CT molecular complexity index is 1040. The molecule has 0 amide bonds. The lowest BCUT2D eigenvalue weighted by molar-refractivity contribution is -0.122. The van der Waals surface area contributed by atoms with Gasteiger partial charge in [0.1, 0.15) is 17.3 Å². The molecule has 0 spiro atoms. The summed E-state index contributed by atoms with van der Waals surface area (Å²) >= 11 is 0. The largest absolute Gasteiger partial charge is 0.352 e. The molecule has 0 unspecified atom stereocenters. The van der Waals surface area contributed by atoms with Crippen molar-refractivity contribution in [2.24, 2.45) is 5.92 Å². The molecular formula is C24H29FN6O. The van der Waals surface area contributed by atoms with E-state index in [-0.39, 0.29) is 17.5 Å². The maximum atomic E-state index is 13.3. The molecule has 0 atom stereocenters. The first-order valence-corrected chi connectivity index (χ1v) is 11.1. The molecule has 0 radical (unpaired) electrons. The molecule has 8 heteroatoms. The summed E-state index contributed by atoms with van der Waals surface area (Å²) in [5, 5.41) is 4.41. The van der Waals surface area contributed by atoms with E-state index < -0.39 is 0 Å². The van der Waals surface area contributed by atoms with Crippen LogP contribution in [-0.2, 0) is 17.9 Å². The number of hydrogen-bond acceptors (Lipinski definition) is 6. The number of nitrogens with zero attached hydrogens (tertiary/aromatic N) is 6. The number of anilines is 1. The molecule has 1 saturated heterocycles. The Hall–Kier alpha value is -3.13. The summed E-state index contributed by atoms with van der Waals surface area (Å²) < 4.78 is 15.2. The molecule has 1 aliphatic heterocycles. The molecule has 1 fully saturated rings. The first kappa shape index (κ1) is 22.1. The van der Waals surface area contributed by atoms with E-state index in [1.807, 2.05) is 30.9 Å². The Morgan fingerprint density at radius 2 is 1.78 bits per heavy atom. The Balaban J connectivity index is 1.34. The lowest BCUT2D eigenvalue weighted by Crippen LogP contribution is -2.46. The van der Waals surface area contributed by atoms with Crippen molar-refractivity contribution < 1.29 is 9.18 Å². The van der Waals surface area contributed by atoms with Gasteiger partial charge in [-0.05, 0) is 24.3 Å². The number of carbonyl (C=O) groups excluding carboxylic acids is 1. The standard InChI is InChI=1S/C24H29FN6O/c1-18(2)22(32)7-10-31-17-19(15-28-31)16-29-11-13-30(14-12-29)24-23(26-8-9-27-24)20-3-5-21(25)6-4-20/h3-6,8-9,15,17-18H,7,10-14,16H2,1-2H3. The Kier molecular flexibility index (Phi) is 6.90. The normalized spacial score (nSPS) is 14.8. The number of rotatable bonds is 8. The van der Waals surface area contributed by atoms with Crippen molar-refractivity contribution in [1.82, 2.24) is 24.6 Å². The fraction of sp³-hybridized carbons (Fsp3) is 0.417. The number of ketones is 1. The smallest absolute Gasteiger partial charge is 0.155 e. The van der Waals surface area contributed by atoms with Gasteiger partial charge in [-0.15, -0.1) is 0 Å². The van der Waals surface area contributed by atoms with Crippen LogP contribution in [-0.4, -0.2) is 56.6 Å². The summed E-state index contributed by atoms with van der Waals surface area (Å²) in [5.74, 6) is 0.908. The number of carbonyl (C=O) groups is 1. The summed E-state index contributed by atoms with van der Waals surface area (Å²) in [6.07, 6.45) is 7.82. The summed E-state index contributed by atoms with van der Waals surface area (Å²) in [7, 11) is 0. The van der Waals surface area contributed by atoms with Crippen LogP contribution in [0.5, 0.6) is 0 Å². The Labute approximate surface area is 187 Å². The van der Waals surface area contributed by atoms with Gasteiger partial charge in [0.2, 0.25) is 0 Å². The number of Topliss-reactive ketones (excluding diaryl/α,β-unsaturated/α-hetero) is 1. The predicted molar refractivity (Wildman–Crippen MR) is 122 cm³/mol. The second-order valence-electron chi connectivity index (χ2n) is 8.48. The quantitative estimate of drug-likeness (QED) is 0.539. The van der Waals surface area contributed by atoms with Gasteiger partial charge in [0, 0.05) is 81.3 Å². The first-order chi connectivity index (χ1) is 15.5. The van der Waals surface area contributed by atoms with Gasteiger partial charge in [0.05, 0.1) is 6.20 Å². The lowest BCUT2D eigenvalue weighted by Gasteiger charge is -2.35. The topological polar surface area (TPSA) is 67.2 Å². The highest BCUT2D eigenvalue weighted by Crippen LogP contribution is 2.27. The third kappa shape index (κ3) is 5.37. The maximum Gasteiger partial charge on any atom is 0.155 e. The lowest BCUT2D eigenvalue weighted by atomic mass is 10.1. The highest BCUT2D eigenvalue weighted by atomic mass is 19.1. The molecule has 0 saturated carbocycles. The molecular weight excluding hydrogens is 407 g/mol. The van der Waals surface area contributed by atoms with Crippen LogP contribution in [0.2, 0.25) is 0 Å². The first-order valence-electron chi connectivity index (χ1n) is 11.1. The Morgan fingerprint density at radius 1 is 1.06 bits per heavy atom. The van der Waals surface area contributed by atoms with E-state index in [4.69, 9.17) is 0 Å². The zero-order valence-corrected chi connectivity index (χ0v) is 18.6. The van der Waals surface area contributed by atoms with Gasteiger partial charge < -0.3 is 4.90 Å². The minimum atomic E-state index is -0.261. The van der Waals surface area contributed by atoms with Gasteiger partial charge >= 0.3 is 0 Å². The van der Waals surface area contributed by atoms with Crippen molar-refractivity contribution in [2.45, 2.75) is 33.4 Å². The van der Waals surface area contributed by atoms with Crippen molar-refractivity contribution in [2.75, 3.05) is 31.1 Å². The predicted octanol–water partition coefficient (Wildman–Crippen LogP) is 3.42. The number of halogens is 1. The molecule has 4 rings (SSSR count). The average molecular weight is 437 g/mol. The Morgan fingerprint density at radius 3 is 2.50 bits per heavy atom. The molecule has 3 heterocycles. The van der Waals surface area contributed by atoms with E-state index >= 15 is 0 Å². The van der Waals surface area contributed by atoms with Gasteiger partial charge in [0.25, 0.3) is 0 Å². The molecule has 0 bridgehead atoms. The molecule has 0 aliphatic carbocycles. The van der Waals surface area contributed by atoms with Crippen molar-refractivity contribution in [3.8, 4) is 11.3 Å². The molecule has 2 aromatic heterocycles. The van der Waals surface area contributed by atoms with E-state index in [9.17, 15) is 9.18 Å². The molecule has 1 aliphatic rings. The molecule has 1 aromatic carbocycles. The molecule has 168 valence electrons. The third-order valence-corrected chi connectivity index (χ3v) is 5.79. The van der Waals surface area contributed by atoms with Crippen molar-refractivity contribution in [3.05, 3.63) is 60.4 Å². The molecule has 32 heavy (non-hydrogen) atoms. The van der Waals surface area contributed by atoms with Crippen LogP contribution in [0.3, 0.4) is 0 Å². The van der Waals surface area contributed by atoms with Crippen molar-refractivity contribution >= 4 is 11.6 Å². The zero-order valence-electron chi connectivity index (χ0n) is 18.6. The zero-order chi connectivity index (χ0) is 22.5. The number of hydrogen-bond donors (Lipinski definition) is 0. The van der Waals surface area contributed by atoms with Crippen LogP contribution >= 0.6 is 0 Å². The molecule has 3 aromatic rings.